The summed E-state index contributed by atoms with van der Waals surface area (Å²) in [7, 11) is 0. The van der Waals surface area contributed by atoms with Crippen molar-refractivity contribution >= 4 is 23.2 Å². The number of nitrogens with zero attached hydrogens (tertiary/aromatic N) is 2. The van der Waals surface area contributed by atoms with Crippen LogP contribution in [0.3, 0.4) is 0 Å². The van der Waals surface area contributed by atoms with Crippen LogP contribution in [0.25, 0.3) is 0 Å². The predicted octanol–water partition coefficient (Wildman–Crippen LogP) is 3.76. The Kier molecular flexibility index (Phi) is 4.57. The molecule has 136 valence electrons. The van der Waals surface area contributed by atoms with Crippen molar-refractivity contribution in [1.82, 2.24) is 9.97 Å². The second-order valence-corrected chi connectivity index (χ2v) is 5.92. The summed E-state index contributed by atoms with van der Waals surface area (Å²) in [6.07, 6.45) is 2.38. The van der Waals surface area contributed by atoms with Crippen LogP contribution in [0, 0.1) is 0 Å². The highest BCUT2D eigenvalue weighted by molar-refractivity contribution is 6.03. The van der Waals surface area contributed by atoms with Crippen LogP contribution >= 0.6 is 0 Å². The van der Waals surface area contributed by atoms with Gasteiger partial charge in [-0.15, -0.1) is 0 Å². The van der Waals surface area contributed by atoms with Crippen molar-refractivity contribution < 1.29 is 14.3 Å². The van der Waals surface area contributed by atoms with Gasteiger partial charge >= 0.3 is 0 Å². The lowest BCUT2D eigenvalue weighted by atomic mass is 10.1. The van der Waals surface area contributed by atoms with E-state index in [0.29, 0.717) is 17.4 Å². The largest absolute Gasteiger partial charge is 0.454 e. The predicted molar refractivity (Wildman–Crippen MR) is 102 cm³/mol. The maximum Gasteiger partial charge on any atom is 0.274 e. The van der Waals surface area contributed by atoms with Gasteiger partial charge in [-0.25, -0.2) is 9.97 Å². The van der Waals surface area contributed by atoms with Crippen molar-refractivity contribution in [2.24, 2.45) is 0 Å². The molecule has 7 heteroatoms. The first-order chi connectivity index (χ1) is 13.2. The number of benzene rings is 2. The first-order valence-electron chi connectivity index (χ1n) is 8.62. The molecule has 3 aromatic rings. The van der Waals surface area contributed by atoms with Crippen LogP contribution in [0.1, 0.15) is 23.0 Å². The van der Waals surface area contributed by atoms with Gasteiger partial charge in [-0.3, -0.25) is 4.79 Å². The van der Waals surface area contributed by atoms with E-state index in [1.165, 1.54) is 0 Å². The van der Waals surface area contributed by atoms with Crippen molar-refractivity contribution in [1.29, 1.82) is 0 Å². The molecule has 7 nitrogen and oxygen atoms in total. The van der Waals surface area contributed by atoms with Gasteiger partial charge in [0.1, 0.15) is 5.69 Å². The highest BCUT2D eigenvalue weighted by atomic mass is 16.7. The molecule has 2 heterocycles. The summed E-state index contributed by atoms with van der Waals surface area (Å²) in [5.41, 5.74) is 2.87. The molecule has 0 bridgehead atoms. The molecular formula is C20H18N4O3. The van der Waals surface area contributed by atoms with Crippen molar-refractivity contribution in [3.05, 3.63) is 66.0 Å². The summed E-state index contributed by atoms with van der Waals surface area (Å²) in [4.78, 5) is 21.1. The SMILES string of the molecule is CCc1ccccc1NC(=O)c1ccnc(Nc2ccc3c(c2)OCO3)n1. The number of carbonyl (C=O) groups excluding carboxylic acids is 1. The number of hydrogen-bond donors (Lipinski definition) is 2. The summed E-state index contributed by atoms with van der Waals surface area (Å²) in [5, 5.41) is 5.99. The van der Waals surface area contributed by atoms with E-state index in [1.54, 1.807) is 18.3 Å². The third kappa shape index (κ3) is 3.67. The van der Waals surface area contributed by atoms with E-state index >= 15 is 0 Å². The zero-order valence-corrected chi connectivity index (χ0v) is 14.7. The quantitative estimate of drug-likeness (QED) is 0.719. The molecule has 2 aromatic carbocycles. The minimum atomic E-state index is -0.285. The second kappa shape index (κ2) is 7.33. The molecule has 27 heavy (non-hydrogen) atoms. The Balaban J connectivity index is 1.51. The fourth-order valence-corrected chi connectivity index (χ4v) is 2.79. The second-order valence-electron chi connectivity index (χ2n) is 5.92. The molecule has 0 unspecified atom stereocenters. The number of carbonyl (C=O) groups is 1. The molecule has 0 atom stereocenters. The Morgan fingerprint density at radius 2 is 1.96 bits per heavy atom. The zero-order chi connectivity index (χ0) is 18.6. The monoisotopic (exact) mass is 362 g/mol. The van der Waals surface area contributed by atoms with Crippen LogP contribution in [0.2, 0.25) is 0 Å². The van der Waals surface area contributed by atoms with E-state index in [0.717, 1.165) is 23.4 Å². The van der Waals surface area contributed by atoms with Gasteiger partial charge in [-0.2, -0.15) is 0 Å². The number of ether oxygens (including phenoxy) is 2. The first-order valence-corrected chi connectivity index (χ1v) is 8.62. The van der Waals surface area contributed by atoms with Gasteiger partial charge in [0.2, 0.25) is 12.7 Å². The maximum atomic E-state index is 12.6. The van der Waals surface area contributed by atoms with Gasteiger partial charge in [-0.1, -0.05) is 25.1 Å². The van der Waals surface area contributed by atoms with E-state index in [-0.39, 0.29) is 18.4 Å². The van der Waals surface area contributed by atoms with Crippen molar-refractivity contribution in [3.63, 3.8) is 0 Å². The molecule has 0 saturated carbocycles. The summed E-state index contributed by atoms with van der Waals surface area (Å²) in [5.74, 6) is 1.39. The average molecular weight is 362 g/mol. The fraction of sp³-hybridized carbons (Fsp3) is 0.150. The van der Waals surface area contributed by atoms with Gasteiger partial charge in [-0.05, 0) is 36.2 Å². The Morgan fingerprint density at radius 3 is 2.85 bits per heavy atom. The third-order valence-corrected chi connectivity index (χ3v) is 4.16. The summed E-state index contributed by atoms with van der Waals surface area (Å²) < 4.78 is 10.7. The molecule has 0 fully saturated rings. The zero-order valence-electron chi connectivity index (χ0n) is 14.7. The van der Waals surface area contributed by atoms with E-state index in [2.05, 4.69) is 20.6 Å². The Bertz CT molecular complexity index is 990. The third-order valence-electron chi connectivity index (χ3n) is 4.16. The molecular weight excluding hydrogens is 344 g/mol. The Labute approximate surface area is 156 Å². The number of hydrogen-bond acceptors (Lipinski definition) is 6. The molecule has 1 aliphatic rings. The Morgan fingerprint density at radius 1 is 1.11 bits per heavy atom. The first kappa shape index (κ1) is 16.8. The highest BCUT2D eigenvalue weighted by Crippen LogP contribution is 2.34. The van der Waals surface area contributed by atoms with Gasteiger partial charge in [0.05, 0.1) is 0 Å². The van der Waals surface area contributed by atoms with Crippen LogP contribution in [0.4, 0.5) is 17.3 Å². The average Bonchev–Trinajstić information content (AvgIpc) is 3.16. The number of para-hydroxylation sites is 1. The number of fused-ring (bicyclic) bond motifs is 1. The van der Waals surface area contributed by atoms with Crippen LogP contribution in [0.5, 0.6) is 11.5 Å². The number of amides is 1. The van der Waals surface area contributed by atoms with Crippen molar-refractivity contribution in [3.8, 4) is 11.5 Å². The summed E-state index contributed by atoms with van der Waals surface area (Å²) >= 11 is 0. The van der Waals surface area contributed by atoms with Crippen molar-refractivity contribution in [2.45, 2.75) is 13.3 Å². The number of aromatic nitrogens is 2. The minimum absolute atomic E-state index is 0.212. The lowest BCUT2D eigenvalue weighted by Gasteiger charge is -2.10. The molecule has 1 aliphatic heterocycles. The molecule has 0 saturated heterocycles. The Hall–Kier alpha value is -3.61. The lowest BCUT2D eigenvalue weighted by Crippen LogP contribution is -2.15. The van der Waals surface area contributed by atoms with Gasteiger partial charge < -0.3 is 20.1 Å². The lowest BCUT2D eigenvalue weighted by molar-refractivity contribution is 0.102. The number of rotatable bonds is 5. The molecule has 0 spiro atoms. The van der Waals surface area contributed by atoms with Crippen LogP contribution in [0.15, 0.2) is 54.7 Å². The molecule has 2 N–H and O–H groups in total. The molecule has 1 amide bonds. The fourth-order valence-electron chi connectivity index (χ4n) is 2.79. The number of aryl methyl sites for hydroxylation is 1. The topological polar surface area (TPSA) is 85.4 Å². The van der Waals surface area contributed by atoms with Crippen LogP contribution in [-0.4, -0.2) is 22.7 Å². The van der Waals surface area contributed by atoms with E-state index < -0.39 is 0 Å². The summed E-state index contributed by atoms with van der Waals surface area (Å²) in [6, 6.07) is 14.7. The standard InChI is InChI=1S/C20H18N4O3/c1-2-13-5-3-4-6-15(13)23-19(25)16-9-10-21-20(24-16)22-14-7-8-17-18(11-14)27-12-26-17/h3-11H,2,12H2,1H3,(H,23,25)(H,21,22,24). The number of anilines is 3. The van der Waals surface area contributed by atoms with E-state index in [4.69, 9.17) is 9.47 Å². The van der Waals surface area contributed by atoms with E-state index in [9.17, 15) is 4.79 Å². The smallest absolute Gasteiger partial charge is 0.274 e. The maximum absolute atomic E-state index is 12.6. The van der Waals surface area contributed by atoms with E-state index in [1.807, 2.05) is 43.3 Å². The molecule has 4 rings (SSSR count). The van der Waals surface area contributed by atoms with Gasteiger partial charge in [0, 0.05) is 23.6 Å². The molecule has 0 aliphatic carbocycles. The number of nitrogens with one attached hydrogen (secondary N) is 2. The van der Waals surface area contributed by atoms with Crippen molar-refractivity contribution in [2.75, 3.05) is 17.4 Å². The summed E-state index contributed by atoms with van der Waals surface area (Å²) in [6.45, 7) is 2.26. The highest BCUT2D eigenvalue weighted by Gasteiger charge is 2.14. The van der Waals surface area contributed by atoms with Gasteiger partial charge in [0.15, 0.2) is 11.5 Å². The van der Waals surface area contributed by atoms with Crippen LogP contribution < -0.4 is 20.1 Å². The molecule has 1 aromatic heterocycles. The molecule has 0 radical (unpaired) electrons. The van der Waals surface area contributed by atoms with Crippen LogP contribution in [-0.2, 0) is 6.42 Å². The normalized spacial score (nSPS) is 11.9. The van der Waals surface area contributed by atoms with Gasteiger partial charge in [0.25, 0.3) is 5.91 Å². The minimum Gasteiger partial charge on any atom is -0.454 e.